The van der Waals surface area contributed by atoms with Crippen LogP contribution in [0.3, 0.4) is 0 Å². The van der Waals surface area contributed by atoms with E-state index in [1.807, 2.05) is 13.8 Å². The van der Waals surface area contributed by atoms with Crippen molar-refractivity contribution < 1.29 is 5.11 Å². The molecule has 2 heteroatoms. The quantitative estimate of drug-likeness (QED) is 0.590. The van der Waals surface area contributed by atoms with Crippen LogP contribution in [0, 0.1) is 0 Å². The van der Waals surface area contributed by atoms with Crippen LogP contribution >= 0.6 is 0 Å². The van der Waals surface area contributed by atoms with Crippen molar-refractivity contribution in [1.29, 1.82) is 0 Å². The highest BCUT2D eigenvalue weighted by molar-refractivity contribution is 4.79. The predicted octanol–water partition coefficient (Wildman–Crippen LogP) is 0.757. The first-order valence-electron chi connectivity index (χ1n) is 3.54. The molecule has 0 aliphatic rings. The number of nitrogens with one attached hydrogen (secondary N) is 1. The molecule has 56 valence electrons. The molecule has 9 heavy (non-hydrogen) atoms. The van der Waals surface area contributed by atoms with Crippen LogP contribution in [-0.2, 0) is 0 Å². The van der Waals surface area contributed by atoms with Gasteiger partial charge in [-0.15, -0.1) is 0 Å². The van der Waals surface area contributed by atoms with E-state index in [1.54, 1.807) is 0 Å². The Balaban J connectivity index is 3.62. The Morgan fingerprint density at radius 1 is 1.44 bits per heavy atom. The van der Waals surface area contributed by atoms with E-state index in [-0.39, 0.29) is 12.1 Å². The number of likely N-dealkylation sites (N-methyl/N-ethyl adjacent to an activating group) is 1. The molecule has 1 unspecified atom stereocenters. The lowest BCUT2D eigenvalue weighted by molar-refractivity contribution is 0.172. The molecule has 0 bridgehead atoms. The minimum Gasteiger partial charge on any atom is -0.394 e. The largest absolute Gasteiger partial charge is 0.394 e. The van der Waals surface area contributed by atoms with Crippen LogP contribution < -0.4 is 5.32 Å². The van der Waals surface area contributed by atoms with Gasteiger partial charge in [0, 0.05) is 5.54 Å². The maximum absolute atomic E-state index is 8.85. The number of aliphatic hydroxyl groups excluding tert-OH is 1. The zero-order valence-electron chi connectivity index (χ0n) is 6.57. The van der Waals surface area contributed by atoms with E-state index >= 15 is 0 Å². The fourth-order valence-electron chi connectivity index (χ4n) is 0.719. The van der Waals surface area contributed by atoms with Crippen LogP contribution in [0.4, 0.5) is 0 Å². The lowest BCUT2D eigenvalue weighted by atomic mass is 10.0. The molecule has 0 spiro atoms. The van der Waals surface area contributed by atoms with Gasteiger partial charge in [-0.05, 0) is 19.9 Å². The van der Waals surface area contributed by atoms with E-state index in [0.717, 1.165) is 13.0 Å². The SMILES string of the molecule is CCNC(C)(CC)CO. The Hall–Kier alpha value is -0.0800. The van der Waals surface area contributed by atoms with Crippen LogP contribution in [0.25, 0.3) is 0 Å². The number of rotatable bonds is 4. The first-order valence-corrected chi connectivity index (χ1v) is 3.54. The fourth-order valence-corrected chi connectivity index (χ4v) is 0.719. The lowest BCUT2D eigenvalue weighted by Gasteiger charge is -2.26. The highest BCUT2D eigenvalue weighted by Crippen LogP contribution is 2.05. The van der Waals surface area contributed by atoms with Gasteiger partial charge < -0.3 is 10.4 Å². The summed E-state index contributed by atoms with van der Waals surface area (Å²) in [5.74, 6) is 0. The van der Waals surface area contributed by atoms with Crippen molar-refractivity contribution in [3.8, 4) is 0 Å². The van der Waals surface area contributed by atoms with Gasteiger partial charge in [-0.3, -0.25) is 0 Å². The molecule has 0 aromatic rings. The lowest BCUT2D eigenvalue weighted by Crippen LogP contribution is -2.44. The van der Waals surface area contributed by atoms with Gasteiger partial charge in [0.15, 0.2) is 0 Å². The van der Waals surface area contributed by atoms with E-state index in [4.69, 9.17) is 5.11 Å². The Morgan fingerprint density at radius 3 is 2.11 bits per heavy atom. The maximum Gasteiger partial charge on any atom is 0.0610 e. The molecule has 0 aliphatic carbocycles. The van der Waals surface area contributed by atoms with Gasteiger partial charge >= 0.3 is 0 Å². The van der Waals surface area contributed by atoms with Gasteiger partial charge in [0.05, 0.1) is 6.61 Å². The number of hydrogen-bond acceptors (Lipinski definition) is 2. The second-order valence-corrected chi connectivity index (χ2v) is 2.60. The standard InChI is InChI=1S/C7H17NO/c1-4-7(3,6-9)8-5-2/h8-9H,4-6H2,1-3H3. The Labute approximate surface area is 57.3 Å². The van der Waals surface area contributed by atoms with Gasteiger partial charge in [0.1, 0.15) is 0 Å². The molecule has 0 aromatic heterocycles. The molecule has 0 heterocycles. The molecule has 2 nitrogen and oxygen atoms in total. The van der Waals surface area contributed by atoms with E-state index in [0.29, 0.717) is 0 Å². The van der Waals surface area contributed by atoms with Gasteiger partial charge in [-0.25, -0.2) is 0 Å². The molecular weight excluding hydrogens is 114 g/mol. The first-order chi connectivity index (χ1) is 4.18. The second kappa shape index (κ2) is 3.85. The molecule has 0 radical (unpaired) electrons. The molecule has 0 saturated carbocycles. The van der Waals surface area contributed by atoms with Crippen molar-refractivity contribution in [3.63, 3.8) is 0 Å². The topological polar surface area (TPSA) is 32.3 Å². The fraction of sp³-hybridized carbons (Fsp3) is 1.00. The van der Waals surface area contributed by atoms with Gasteiger partial charge in [0.25, 0.3) is 0 Å². The Kier molecular flexibility index (Phi) is 3.82. The normalized spacial score (nSPS) is 17.3. The monoisotopic (exact) mass is 131 g/mol. The van der Waals surface area contributed by atoms with E-state index in [1.165, 1.54) is 0 Å². The molecule has 0 rings (SSSR count). The van der Waals surface area contributed by atoms with Crippen LogP contribution in [0.5, 0.6) is 0 Å². The summed E-state index contributed by atoms with van der Waals surface area (Å²) >= 11 is 0. The minimum absolute atomic E-state index is 0.0608. The molecule has 0 fully saturated rings. The third kappa shape index (κ3) is 2.82. The smallest absolute Gasteiger partial charge is 0.0610 e. The molecule has 0 amide bonds. The van der Waals surface area contributed by atoms with Crippen molar-refractivity contribution in [3.05, 3.63) is 0 Å². The van der Waals surface area contributed by atoms with Crippen molar-refractivity contribution >= 4 is 0 Å². The molecule has 2 N–H and O–H groups in total. The minimum atomic E-state index is -0.0608. The van der Waals surface area contributed by atoms with Gasteiger partial charge in [-0.1, -0.05) is 13.8 Å². The summed E-state index contributed by atoms with van der Waals surface area (Å²) in [5, 5.41) is 12.1. The third-order valence-corrected chi connectivity index (χ3v) is 1.73. The maximum atomic E-state index is 8.85. The summed E-state index contributed by atoms with van der Waals surface area (Å²) in [6.07, 6.45) is 0.970. The molecule has 0 aliphatic heterocycles. The third-order valence-electron chi connectivity index (χ3n) is 1.73. The summed E-state index contributed by atoms with van der Waals surface area (Å²) in [7, 11) is 0. The zero-order chi connectivity index (χ0) is 7.33. The van der Waals surface area contributed by atoms with Crippen molar-refractivity contribution in [1.82, 2.24) is 5.32 Å². The van der Waals surface area contributed by atoms with E-state index in [9.17, 15) is 0 Å². The number of aliphatic hydroxyl groups is 1. The predicted molar refractivity (Wildman–Crippen MR) is 39.5 cm³/mol. The van der Waals surface area contributed by atoms with Crippen molar-refractivity contribution in [2.24, 2.45) is 0 Å². The summed E-state index contributed by atoms with van der Waals surface area (Å²) < 4.78 is 0. The summed E-state index contributed by atoms with van der Waals surface area (Å²) in [4.78, 5) is 0. The summed E-state index contributed by atoms with van der Waals surface area (Å²) in [5.41, 5.74) is -0.0608. The van der Waals surface area contributed by atoms with E-state index < -0.39 is 0 Å². The van der Waals surface area contributed by atoms with Crippen LogP contribution in [0.2, 0.25) is 0 Å². The molecule has 1 atom stereocenters. The Bertz CT molecular complexity index is 69.3. The number of hydrogen-bond donors (Lipinski definition) is 2. The zero-order valence-corrected chi connectivity index (χ0v) is 6.57. The van der Waals surface area contributed by atoms with Crippen molar-refractivity contribution in [2.75, 3.05) is 13.2 Å². The highest BCUT2D eigenvalue weighted by Gasteiger charge is 2.17. The Morgan fingerprint density at radius 2 is 2.00 bits per heavy atom. The summed E-state index contributed by atoms with van der Waals surface area (Å²) in [6, 6.07) is 0. The van der Waals surface area contributed by atoms with Crippen LogP contribution in [-0.4, -0.2) is 23.8 Å². The average Bonchev–Trinajstić information content (AvgIpc) is 1.89. The van der Waals surface area contributed by atoms with Crippen molar-refractivity contribution in [2.45, 2.75) is 32.7 Å². The second-order valence-electron chi connectivity index (χ2n) is 2.60. The highest BCUT2D eigenvalue weighted by atomic mass is 16.3. The van der Waals surface area contributed by atoms with E-state index in [2.05, 4.69) is 12.2 Å². The van der Waals surface area contributed by atoms with Gasteiger partial charge in [-0.2, -0.15) is 0 Å². The molecular formula is C7H17NO. The first kappa shape index (κ1) is 8.92. The molecule has 0 saturated heterocycles. The van der Waals surface area contributed by atoms with Gasteiger partial charge in [0.2, 0.25) is 0 Å². The van der Waals surface area contributed by atoms with Crippen LogP contribution in [0.15, 0.2) is 0 Å². The summed E-state index contributed by atoms with van der Waals surface area (Å²) in [6.45, 7) is 7.28. The average molecular weight is 131 g/mol. The van der Waals surface area contributed by atoms with Crippen LogP contribution in [0.1, 0.15) is 27.2 Å². The molecule has 0 aromatic carbocycles.